The van der Waals surface area contributed by atoms with Crippen LogP contribution in [0.15, 0.2) is 54.7 Å². The molecule has 0 atom stereocenters. The summed E-state index contributed by atoms with van der Waals surface area (Å²) in [5.74, 6) is 0.828. The van der Waals surface area contributed by atoms with Gasteiger partial charge in [0.15, 0.2) is 0 Å². The molecular formula is C20H20N4O2. The van der Waals surface area contributed by atoms with E-state index >= 15 is 0 Å². The average molecular weight is 348 g/mol. The lowest BCUT2D eigenvalue weighted by Crippen LogP contribution is -2.15. The number of rotatable bonds is 5. The number of anilines is 3. The predicted molar refractivity (Wildman–Crippen MR) is 102 cm³/mol. The lowest BCUT2D eigenvalue weighted by atomic mass is 10.1. The summed E-state index contributed by atoms with van der Waals surface area (Å²) in [5, 5.41) is 5.93. The fourth-order valence-corrected chi connectivity index (χ4v) is 2.36. The zero-order valence-electron chi connectivity index (χ0n) is 14.9. The SMILES string of the molecule is COc1ccc(Nc2nccc(C(=O)Nc3ccc(C)c(C)c3)n2)cc1. The molecule has 6 heteroatoms. The number of aryl methyl sites for hydroxylation is 2. The van der Waals surface area contributed by atoms with Crippen molar-refractivity contribution in [1.29, 1.82) is 0 Å². The van der Waals surface area contributed by atoms with Crippen molar-refractivity contribution in [2.45, 2.75) is 13.8 Å². The molecule has 2 N–H and O–H groups in total. The fourth-order valence-electron chi connectivity index (χ4n) is 2.36. The molecule has 6 nitrogen and oxygen atoms in total. The zero-order valence-corrected chi connectivity index (χ0v) is 14.9. The van der Waals surface area contributed by atoms with Gasteiger partial charge in [-0.3, -0.25) is 4.79 Å². The van der Waals surface area contributed by atoms with Crippen LogP contribution in [0.4, 0.5) is 17.3 Å². The second-order valence-corrected chi connectivity index (χ2v) is 5.87. The van der Waals surface area contributed by atoms with E-state index in [9.17, 15) is 4.79 Å². The summed E-state index contributed by atoms with van der Waals surface area (Å²) < 4.78 is 5.13. The topological polar surface area (TPSA) is 76.1 Å². The highest BCUT2D eigenvalue weighted by Gasteiger charge is 2.10. The number of carbonyl (C=O) groups is 1. The van der Waals surface area contributed by atoms with Crippen molar-refractivity contribution in [3.8, 4) is 5.75 Å². The lowest BCUT2D eigenvalue weighted by Gasteiger charge is -2.09. The quantitative estimate of drug-likeness (QED) is 0.726. The molecule has 0 unspecified atom stereocenters. The second kappa shape index (κ2) is 7.65. The maximum absolute atomic E-state index is 12.5. The lowest BCUT2D eigenvalue weighted by molar-refractivity contribution is 0.102. The Morgan fingerprint density at radius 2 is 1.69 bits per heavy atom. The van der Waals surface area contributed by atoms with Crippen molar-refractivity contribution < 1.29 is 9.53 Å². The number of aromatic nitrogens is 2. The van der Waals surface area contributed by atoms with Crippen molar-refractivity contribution in [1.82, 2.24) is 9.97 Å². The third-order valence-corrected chi connectivity index (χ3v) is 4.00. The first kappa shape index (κ1) is 17.4. The number of amides is 1. The third kappa shape index (κ3) is 4.16. The van der Waals surface area contributed by atoms with E-state index in [1.165, 1.54) is 5.56 Å². The summed E-state index contributed by atoms with van der Waals surface area (Å²) in [7, 11) is 1.61. The minimum absolute atomic E-state index is 0.284. The fraction of sp³-hybridized carbons (Fsp3) is 0.150. The number of hydrogen-bond donors (Lipinski definition) is 2. The molecule has 26 heavy (non-hydrogen) atoms. The Kier molecular flexibility index (Phi) is 5.12. The van der Waals surface area contributed by atoms with E-state index in [4.69, 9.17) is 4.74 Å². The van der Waals surface area contributed by atoms with Crippen LogP contribution in [0.25, 0.3) is 0 Å². The predicted octanol–water partition coefficient (Wildman–Crippen LogP) is 4.10. The molecule has 2 aromatic carbocycles. The van der Waals surface area contributed by atoms with Gasteiger partial charge in [-0.05, 0) is 67.4 Å². The van der Waals surface area contributed by atoms with Gasteiger partial charge in [0.2, 0.25) is 5.95 Å². The first-order valence-corrected chi connectivity index (χ1v) is 8.18. The molecule has 0 aliphatic rings. The van der Waals surface area contributed by atoms with Crippen LogP contribution in [0.2, 0.25) is 0 Å². The van der Waals surface area contributed by atoms with Gasteiger partial charge in [0.1, 0.15) is 11.4 Å². The maximum Gasteiger partial charge on any atom is 0.274 e. The Morgan fingerprint density at radius 1 is 0.962 bits per heavy atom. The molecule has 3 rings (SSSR count). The summed E-state index contributed by atoms with van der Waals surface area (Å²) in [4.78, 5) is 20.9. The van der Waals surface area contributed by atoms with Gasteiger partial charge in [-0.15, -0.1) is 0 Å². The molecule has 0 radical (unpaired) electrons. The molecule has 1 aromatic heterocycles. The molecule has 1 amide bonds. The molecule has 0 fully saturated rings. The molecule has 0 saturated heterocycles. The summed E-state index contributed by atoms with van der Waals surface area (Å²) in [6, 6.07) is 14.7. The Bertz CT molecular complexity index is 923. The van der Waals surface area contributed by atoms with E-state index in [2.05, 4.69) is 20.6 Å². The summed E-state index contributed by atoms with van der Waals surface area (Å²) >= 11 is 0. The summed E-state index contributed by atoms with van der Waals surface area (Å²) in [6.07, 6.45) is 1.55. The van der Waals surface area contributed by atoms with Gasteiger partial charge in [0, 0.05) is 17.6 Å². The Labute approximate surface area is 152 Å². The number of ether oxygens (including phenoxy) is 1. The molecule has 0 bridgehead atoms. The summed E-state index contributed by atoms with van der Waals surface area (Å²) in [6.45, 7) is 4.04. The molecule has 132 valence electrons. The molecule has 0 aliphatic carbocycles. The number of benzene rings is 2. The van der Waals surface area contributed by atoms with Gasteiger partial charge < -0.3 is 15.4 Å². The van der Waals surface area contributed by atoms with Gasteiger partial charge >= 0.3 is 0 Å². The Hall–Kier alpha value is -3.41. The Morgan fingerprint density at radius 3 is 2.38 bits per heavy atom. The molecule has 0 saturated carbocycles. The standard InChI is InChI=1S/C20H20N4O2/c1-13-4-5-16(12-14(13)2)22-19(25)18-10-11-21-20(24-18)23-15-6-8-17(26-3)9-7-15/h4-12H,1-3H3,(H,22,25)(H,21,23,24). The third-order valence-electron chi connectivity index (χ3n) is 4.00. The van der Waals surface area contributed by atoms with Crippen LogP contribution in [0, 0.1) is 13.8 Å². The highest BCUT2D eigenvalue weighted by molar-refractivity contribution is 6.03. The number of carbonyl (C=O) groups excluding carboxylic acids is 1. The summed E-state index contributed by atoms with van der Waals surface area (Å²) in [5.41, 5.74) is 4.12. The smallest absolute Gasteiger partial charge is 0.274 e. The van der Waals surface area contributed by atoms with Crippen molar-refractivity contribution in [2.24, 2.45) is 0 Å². The van der Waals surface area contributed by atoms with E-state index in [1.807, 2.05) is 56.3 Å². The minimum atomic E-state index is -0.284. The first-order valence-electron chi connectivity index (χ1n) is 8.18. The monoisotopic (exact) mass is 348 g/mol. The zero-order chi connectivity index (χ0) is 18.5. The Balaban J connectivity index is 1.73. The molecular weight excluding hydrogens is 328 g/mol. The van der Waals surface area contributed by atoms with Crippen LogP contribution in [0.5, 0.6) is 5.75 Å². The van der Waals surface area contributed by atoms with Crippen molar-refractivity contribution >= 4 is 23.2 Å². The van der Waals surface area contributed by atoms with Gasteiger partial charge in [-0.2, -0.15) is 0 Å². The molecule has 0 spiro atoms. The van der Waals surface area contributed by atoms with Crippen LogP contribution in [0.3, 0.4) is 0 Å². The van der Waals surface area contributed by atoms with Crippen molar-refractivity contribution in [3.05, 3.63) is 71.5 Å². The number of methoxy groups -OCH3 is 1. The molecule has 3 aromatic rings. The molecule has 0 aliphatic heterocycles. The van der Waals surface area contributed by atoms with Crippen molar-refractivity contribution in [2.75, 3.05) is 17.7 Å². The van der Waals surface area contributed by atoms with Crippen LogP contribution >= 0.6 is 0 Å². The van der Waals surface area contributed by atoms with E-state index in [-0.39, 0.29) is 11.6 Å². The molecule has 1 heterocycles. The average Bonchev–Trinajstić information content (AvgIpc) is 2.65. The van der Waals surface area contributed by atoms with Gasteiger partial charge in [0.25, 0.3) is 5.91 Å². The van der Waals surface area contributed by atoms with E-state index in [0.717, 1.165) is 22.7 Å². The van der Waals surface area contributed by atoms with Crippen molar-refractivity contribution in [3.63, 3.8) is 0 Å². The van der Waals surface area contributed by atoms with Gasteiger partial charge in [-0.25, -0.2) is 9.97 Å². The van der Waals surface area contributed by atoms with Crippen LogP contribution in [-0.2, 0) is 0 Å². The highest BCUT2D eigenvalue weighted by Crippen LogP contribution is 2.18. The maximum atomic E-state index is 12.5. The van der Waals surface area contributed by atoms with E-state index in [0.29, 0.717) is 5.95 Å². The van der Waals surface area contributed by atoms with Gasteiger partial charge in [-0.1, -0.05) is 6.07 Å². The van der Waals surface area contributed by atoms with Crippen LogP contribution < -0.4 is 15.4 Å². The van der Waals surface area contributed by atoms with E-state index < -0.39 is 0 Å². The first-order chi connectivity index (χ1) is 12.5. The van der Waals surface area contributed by atoms with Crippen LogP contribution in [-0.4, -0.2) is 23.0 Å². The number of nitrogens with one attached hydrogen (secondary N) is 2. The van der Waals surface area contributed by atoms with Crippen LogP contribution in [0.1, 0.15) is 21.6 Å². The van der Waals surface area contributed by atoms with Gasteiger partial charge in [0.05, 0.1) is 7.11 Å². The second-order valence-electron chi connectivity index (χ2n) is 5.87. The normalized spacial score (nSPS) is 10.3. The number of nitrogens with zero attached hydrogens (tertiary/aromatic N) is 2. The minimum Gasteiger partial charge on any atom is -0.497 e. The highest BCUT2D eigenvalue weighted by atomic mass is 16.5. The van der Waals surface area contributed by atoms with E-state index in [1.54, 1.807) is 19.4 Å². The largest absolute Gasteiger partial charge is 0.497 e. The number of hydrogen-bond acceptors (Lipinski definition) is 5.